The van der Waals surface area contributed by atoms with Crippen LogP contribution in [0.25, 0.3) is 0 Å². The van der Waals surface area contributed by atoms with Crippen LogP contribution in [0.15, 0.2) is 42.5 Å². The van der Waals surface area contributed by atoms with Gasteiger partial charge in [-0.1, -0.05) is 17.7 Å². The van der Waals surface area contributed by atoms with Crippen LogP contribution in [0.5, 0.6) is 0 Å². The zero-order valence-electron chi connectivity index (χ0n) is 12.0. The Labute approximate surface area is 140 Å². The predicted octanol–water partition coefficient (Wildman–Crippen LogP) is 3.90. The van der Waals surface area contributed by atoms with Crippen molar-refractivity contribution in [2.24, 2.45) is 0 Å². The SMILES string of the molecule is O=C(CC[S@](=O)Cc1c(F)cccc1Cl)Nc1ccc(F)cc1. The fourth-order valence-electron chi connectivity index (χ4n) is 1.87. The molecule has 0 bridgehead atoms. The van der Waals surface area contributed by atoms with Crippen LogP contribution in [0.3, 0.4) is 0 Å². The lowest BCUT2D eigenvalue weighted by Gasteiger charge is -2.07. The summed E-state index contributed by atoms with van der Waals surface area (Å²) in [5.41, 5.74) is 0.644. The minimum Gasteiger partial charge on any atom is -0.326 e. The third-order valence-electron chi connectivity index (χ3n) is 3.05. The van der Waals surface area contributed by atoms with Crippen molar-refractivity contribution in [1.82, 2.24) is 0 Å². The molecule has 0 unspecified atom stereocenters. The van der Waals surface area contributed by atoms with Gasteiger partial charge in [0.05, 0.1) is 5.75 Å². The molecule has 1 atom stereocenters. The summed E-state index contributed by atoms with van der Waals surface area (Å²) in [5.74, 6) is -1.22. The normalized spacial score (nSPS) is 12.0. The van der Waals surface area contributed by atoms with Crippen LogP contribution < -0.4 is 5.32 Å². The Morgan fingerprint density at radius 1 is 1.13 bits per heavy atom. The molecule has 122 valence electrons. The van der Waals surface area contributed by atoms with E-state index in [9.17, 15) is 17.8 Å². The van der Waals surface area contributed by atoms with E-state index in [1.54, 1.807) is 0 Å². The fourth-order valence-corrected chi connectivity index (χ4v) is 3.35. The van der Waals surface area contributed by atoms with Crippen molar-refractivity contribution in [3.63, 3.8) is 0 Å². The summed E-state index contributed by atoms with van der Waals surface area (Å²) in [5, 5.41) is 2.79. The molecule has 2 aromatic rings. The molecule has 1 N–H and O–H groups in total. The second-order valence-corrected chi connectivity index (χ2v) is 6.78. The number of hydrogen-bond donors (Lipinski definition) is 1. The lowest BCUT2D eigenvalue weighted by atomic mass is 10.2. The molecule has 0 spiro atoms. The van der Waals surface area contributed by atoms with Crippen LogP contribution in [-0.2, 0) is 21.3 Å². The second kappa shape index (κ2) is 8.17. The number of amides is 1. The summed E-state index contributed by atoms with van der Waals surface area (Å²) in [6.45, 7) is 0. The van der Waals surface area contributed by atoms with Gasteiger partial charge in [-0.15, -0.1) is 0 Å². The van der Waals surface area contributed by atoms with Gasteiger partial charge in [0.2, 0.25) is 5.91 Å². The van der Waals surface area contributed by atoms with Crippen molar-refractivity contribution in [3.8, 4) is 0 Å². The molecular weight excluding hydrogens is 344 g/mol. The van der Waals surface area contributed by atoms with Crippen LogP contribution >= 0.6 is 11.6 Å². The van der Waals surface area contributed by atoms with E-state index in [2.05, 4.69) is 5.32 Å². The number of benzene rings is 2. The summed E-state index contributed by atoms with van der Waals surface area (Å²) < 4.78 is 38.3. The standard InChI is InChI=1S/C16H14ClF2NO2S/c17-14-2-1-3-15(19)13(14)10-23(22)9-8-16(21)20-12-6-4-11(18)5-7-12/h1-7H,8-10H2,(H,20,21)/t23-/m0/s1. The Morgan fingerprint density at radius 2 is 1.83 bits per heavy atom. The second-order valence-electron chi connectivity index (χ2n) is 4.79. The number of rotatable bonds is 6. The molecule has 0 fully saturated rings. The van der Waals surface area contributed by atoms with Crippen molar-refractivity contribution >= 4 is 34.0 Å². The topological polar surface area (TPSA) is 46.2 Å². The van der Waals surface area contributed by atoms with E-state index in [-0.39, 0.29) is 34.4 Å². The van der Waals surface area contributed by atoms with Crippen molar-refractivity contribution in [2.45, 2.75) is 12.2 Å². The Balaban J connectivity index is 1.84. The highest BCUT2D eigenvalue weighted by atomic mass is 35.5. The van der Waals surface area contributed by atoms with E-state index in [0.29, 0.717) is 5.69 Å². The molecule has 0 aliphatic heterocycles. The third kappa shape index (κ3) is 5.41. The Kier molecular flexibility index (Phi) is 6.24. The van der Waals surface area contributed by atoms with E-state index < -0.39 is 22.4 Å². The number of hydrogen-bond acceptors (Lipinski definition) is 2. The lowest BCUT2D eigenvalue weighted by Crippen LogP contribution is -2.15. The molecule has 2 aromatic carbocycles. The number of carbonyl (C=O) groups excluding carboxylic acids is 1. The van der Waals surface area contributed by atoms with E-state index in [4.69, 9.17) is 11.6 Å². The highest BCUT2D eigenvalue weighted by molar-refractivity contribution is 7.84. The molecule has 23 heavy (non-hydrogen) atoms. The van der Waals surface area contributed by atoms with E-state index in [1.807, 2.05) is 0 Å². The molecule has 2 rings (SSSR count). The zero-order valence-corrected chi connectivity index (χ0v) is 13.6. The van der Waals surface area contributed by atoms with Crippen molar-refractivity contribution in [2.75, 3.05) is 11.1 Å². The summed E-state index contributed by atoms with van der Waals surface area (Å²) in [6.07, 6.45) is 0.00998. The van der Waals surface area contributed by atoms with Crippen LogP contribution in [0.1, 0.15) is 12.0 Å². The largest absolute Gasteiger partial charge is 0.326 e. The first-order valence-electron chi connectivity index (χ1n) is 6.79. The Morgan fingerprint density at radius 3 is 2.48 bits per heavy atom. The van der Waals surface area contributed by atoms with Crippen LogP contribution in [-0.4, -0.2) is 15.9 Å². The number of carbonyl (C=O) groups is 1. The van der Waals surface area contributed by atoms with Gasteiger partial charge in [-0.05, 0) is 36.4 Å². The molecule has 0 aliphatic carbocycles. The number of anilines is 1. The van der Waals surface area contributed by atoms with Crippen molar-refractivity contribution in [1.29, 1.82) is 0 Å². The van der Waals surface area contributed by atoms with Gasteiger partial charge in [0.15, 0.2) is 0 Å². The van der Waals surface area contributed by atoms with Gasteiger partial charge >= 0.3 is 0 Å². The van der Waals surface area contributed by atoms with Gasteiger partial charge in [-0.3, -0.25) is 9.00 Å². The van der Waals surface area contributed by atoms with Gasteiger partial charge in [0, 0.05) is 39.2 Å². The first-order valence-corrected chi connectivity index (χ1v) is 8.65. The predicted molar refractivity (Wildman–Crippen MR) is 87.8 cm³/mol. The average molecular weight is 358 g/mol. The number of nitrogens with one attached hydrogen (secondary N) is 1. The summed E-state index contributed by atoms with van der Waals surface area (Å²) in [4.78, 5) is 11.7. The van der Waals surface area contributed by atoms with Gasteiger partial charge in [0.25, 0.3) is 0 Å². The van der Waals surface area contributed by atoms with Gasteiger partial charge < -0.3 is 5.32 Å². The molecular formula is C16H14ClF2NO2S. The number of halogens is 3. The first kappa shape index (κ1) is 17.6. The smallest absolute Gasteiger partial charge is 0.225 e. The summed E-state index contributed by atoms with van der Waals surface area (Å²) in [6, 6.07) is 9.58. The Hall–Kier alpha value is -1.79. The summed E-state index contributed by atoms with van der Waals surface area (Å²) in [7, 11) is -1.42. The Bertz CT molecular complexity index is 702. The maximum Gasteiger partial charge on any atom is 0.225 e. The summed E-state index contributed by atoms with van der Waals surface area (Å²) >= 11 is 5.87. The van der Waals surface area contributed by atoms with Crippen molar-refractivity contribution in [3.05, 3.63) is 64.7 Å². The van der Waals surface area contributed by atoms with Gasteiger partial charge in [0.1, 0.15) is 11.6 Å². The third-order valence-corrected chi connectivity index (χ3v) is 4.68. The quantitative estimate of drug-likeness (QED) is 0.852. The van der Waals surface area contributed by atoms with Gasteiger partial charge in [-0.25, -0.2) is 8.78 Å². The first-order chi connectivity index (χ1) is 11.0. The van der Waals surface area contributed by atoms with E-state index >= 15 is 0 Å². The maximum atomic E-state index is 13.6. The molecule has 0 heterocycles. The maximum absolute atomic E-state index is 13.6. The molecule has 1 amide bonds. The molecule has 0 aliphatic rings. The molecule has 7 heteroatoms. The minimum absolute atomic E-state index is 0.00998. The molecule has 0 aromatic heterocycles. The lowest BCUT2D eigenvalue weighted by molar-refractivity contribution is -0.115. The monoisotopic (exact) mass is 357 g/mol. The molecule has 0 saturated heterocycles. The highest BCUT2D eigenvalue weighted by Crippen LogP contribution is 2.20. The molecule has 0 radical (unpaired) electrons. The molecule has 3 nitrogen and oxygen atoms in total. The van der Waals surface area contributed by atoms with E-state index in [0.717, 1.165) is 0 Å². The fraction of sp³-hybridized carbons (Fsp3) is 0.188. The molecule has 0 saturated carbocycles. The van der Waals surface area contributed by atoms with Crippen LogP contribution in [0.2, 0.25) is 5.02 Å². The van der Waals surface area contributed by atoms with Crippen molar-refractivity contribution < 1.29 is 17.8 Å². The van der Waals surface area contributed by atoms with Crippen LogP contribution in [0, 0.1) is 11.6 Å². The minimum atomic E-state index is -1.42. The highest BCUT2D eigenvalue weighted by Gasteiger charge is 2.12. The zero-order chi connectivity index (χ0) is 16.8. The van der Waals surface area contributed by atoms with Gasteiger partial charge in [-0.2, -0.15) is 0 Å². The van der Waals surface area contributed by atoms with Crippen LogP contribution in [0.4, 0.5) is 14.5 Å². The van der Waals surface area contributed by atoms with E-state index in [1.165, 1.54) is 42.5 Å². The average Bonchev–Trinajstić information content (AvgIpc) is 2.51.